The zero-order valence-electron chi connectivity index (χ0n) is 21.7. The van der Waals surface area contributed by atoms with Crippen molar-refractivity contribution >= 4 is 69.2 Å². The third-order valence-corrected chi connectivity index (χ3v) is 6.93. The fourth-order valence-electron chi connectivity index (χ4n) is 3.98. The third kappa shape index (κ3) is 6.84. The number of rotatable bonds is 3. The van der Waals surface area contributed by atoms with Gasteiger partial charge in [0.15, 0.2) is 11.9 Å². The second kappa shape index (κ2) is 11.7. The van der Waals surface area contributed by atoms with Crippen molar-refractivity contribution in [3.8, 4) is 11.5 Å². The molecule has 0 aliphatic carbocycles. The average molecular weight is 629 g/mol. The van der Waals surface area contributed by atoms with Crippen LogP contribution in [0.25, 0.3) is 11.0 Å². The van der Waals surface area contributed by atoms with E-state index in [0.717, 1.165) is 0 Å². The SMILES string of the molecule is C[C@@H]1[C@@H]2OC(=O)O[C@@H]2C(OC(=N)C(Cl)(Cl)Cl)OC1(C)C.O=c1oc2cc(O)ccc2c(O)c1N=Nc1ccccc1. The number of nitrogens with zero attached hydrogens (tertiary/aromatic N) is 2. The van der Waals surface area contributed by atoms with Gasteiger partial charge in [0.1, 0.15) is 11.3 Å². The Balaban J connectivity index is 0.000000189. The predicted octanol–water partition coefficient (Wildman–Crippen LogP) is 6.65. The number of carbonyl (C=O) groups excluding carboxylic acids is 1. The van der Waals surface area contributed by atoms with Crippen molar-refractivity contribution in [1.82, 2.24) is 0 Å². The highest BCUT2D eigenvalue weighted by Crippen LogP contribution is 2.41. The summed E-state index contributed by atoms with van der Waals surface area (Å²) in [4.78, 5) is 23.1. The van der Waals surface area contributed by atoms with Gasteiger partial charge >= 0.3 is 11.8 Å². The van der Waals surface area contributed by atoms with Gasteiger partial charge in [-0.25, -0.2) is 9.59 Å². The Morgan fingerprint density at radius 2 is 1.68 bits per heavy atom. The van der Waals surface area contributed by atoms with Crippen LogP contribution >= 0.6 is 34.8 Å². The van der Waals surface area contributed by atoms with Gasteiger partial charge in [0.2, 0.25) is 24.0 Å². The first kappa shape index (κ1) is 30.4. The molecule has 0 radical (unpaired) electrons. The van der Waals surface area contributed by atoms with Crippen LogP contribution in [0.2, 0.25) is 0 Å². The molecule has 0 amide bonds. The molecule has 1 aromatic heterocycles. The molecule has 0 spiro atoms. The van der Waals surface area contributed by atoms with Gasteiger partial charge in [0.05, 0.1) is 16.7 Å². The van der Waals surface area contributed by atoms with Crippen molar-refractivity contribution < 1.29 is 38.4 Å². The van der Waals surface area contributed by atoms with Crippen LogP contribution in [0.1, 0.15) is 20.8 Å². The molecule has 218 valence electrons. The number of phenolic OH excluding ortho intramolecular Hbond substituents is 1. The minimum atomic E-state index is -2.02. The van der Waals surface area contributed by atoms with Crippen molar-refractivity contribution in [1.29, 1.82) is 5.41 Å². The number of carbonyl (C=O) groups is 1. The molecular weight excluding hydrogens is 605 g/mol. The maximum absolute atomic E-state index is 11.8. The topological polar surface area (TPSA) is 173 Å². The van der Waals surface area contributed by atoms with E-state index in [1.165, 1.54) is 18.2 Å². The summed E-state index contributed by atoms with van der Waals surface area (Å²) < 4.78 is 24.1. The molecule has 3 aromatic rings. The Morgan fingerprint density at radius 3 is 2.34 bits per heavy atom. The maximum atomic E-state index is 11.8. The fraction of sp³-hybridized carbons (Fsp3) is 0.346. The Labute approximate surface area is 247 Å². The van der Waals surface area contributed by atoms with Crippen LogP contribution in [0.4, 0.5) is 16.2 Å². The molecule has 2 aliphatic heterocycles. The number of aromatic hydroxyl groups is 2. The first-order chi connectivity index (χ1) is 19.2. The molecule has 2 fully saturated rings. The first-order valence-corrected chi connectivity index (χ1v) is 13.1. The molecule has 41 heavy (non-hydrogen) atoms. The largest absolute Gasteiger partial charge is 0.509 e. The zero-order chi connectivity index (χ0) is 30.1. The number of azo groups is 1. The van der Waals surface area contributed by atoms with Crippen molar-refractivity contribution in [2.24, 2.45) is 16.1 Å². The molecule has 5 rings (SSSR count). The molecule has 1 unspecified atom stereocenters. The molecule has 0 bridgehead atoms. The lowest BCUT2D eigenvalue weighted by molar-refractivity contribution is -0.265. The van der Waals surface area contributed by atoms with Gasteiger partial charge in [0.25, 0.3) is 3.79 Å². The zero-order valence-corrected chi connectivity index (χ0v) is 24.0. The number of nitrogens with one attached hydrogen (secondary N) is 1. The third-order valence-electron chi connectivity index (χ3n) is 6.42. The summed E-state index contributed by atoms with van der Waals surface area (Å²) in [6.45, 7) is 5.50. The minimum absolute atomic E-state index is 0.0660. The van der Waals surface area contributed by atoms with Crippen LogP contribution in [0.3, 0.4) is 0 Å². The van der Waals surface area contributed by atoms with Gasteiger partial charge in [-0.1, -0.05) is 59.9 Å². The van der Waals surface area contributed by atoms with Crippen molar-refractivity contribution in [3.05, 3.63) is 59.0 Å². The first-order valence-electron chi connectivity index (χ1n) is 12.0. The van der Waals surface area contributed by atoms with Gasteiger partial charge in [-0.2, -0.15) is 5.11 Å². The number of halogens is 3. The van der Waals surface area contributed by atoms with Gasteiger partial charge in [-0.3, -0.25) is 5.41 Å². The number of hydrogen-bond acceptors (Lipinski definition) is 12. The van der Waals surface area contributed by atoms with E-state index in [9.17, 15) is 19.8 Å². The van der Waals surface area contributed by atoms with Crippen molar-refractivity contribution in [3.63, 3.8) is 0 Å². The summed E-state index contributed by atoms with van der Waals surface area (Å²) >= 11 is 16.7. The molecule has 12 nitrogen and oxygen atoms in total. The highest BCUT2D eigenvalue weighted by molar-refractivity contribution is 6.76. The van der Waals surface area contributed by atoms with Gasteiger partial charge in [-0.15, -0.1) is 5.11 Å². The Bertz CT molecular complexity index is 1540. The monoisotopic (exact) mass is 627 g/mol. The Morgan fingerprint density at radius 1 is 1.02 bits per heavy atom. The molecule has 2 aliphatic rings. The average Bonchev–Trinajstić information content (AvgIpc) is 3.29. The van der Waals surface area contributed by atoms with E-state index in [1.54, 1.807) is 24.3 Å². The lowest BCUT2D eigenvalue weighted by atomic mass is 9.82. The van der Waals surface area contributed by atoms with E-state index in [0.29, 0.717) is 5.69 Å². The summed E-state index contributed by atoms with van der Waals surface area (Å²) in [6, 6.07) is 12.9. The van der Waals surface area contributed by atoms with Crippen LogP contribution in [-0.4, -0.2) is 50.2 Å². The van der Waals surface area contributed by atoms with Crippen LogP contribution in [0.15, 0.2) is 68.0 Å². The second-order valence-electron chi connectivity index (χ2n) is 9.54. The molecule has 4 atom stereocenters. The predicted molar refractivity (Wildman–Crippen MR) is 149 cm³/mol. The number of phenols is 1. The second-order valence-corrected chi connectivity index (χ2v) is 11.8. The number of hydrogen-bond donors (Lipinski definition) is 3. The molecule has 3 N–H and O–H groups in total. The molecule has 2 aromatic carbocycles. The van der Waals surface area contributed by atoms with E-state index >= 15 is 0 Å². The number of ether oxygens (including phenoxy) is 4. The molecule has 0 saturated carbocycles. The molecule has 15 heteroatoms. The van der Waals surface area contributed by atoms with Crippen LogP contribution in [0.5, 0.6) is 11.5 Å². The Kier molecular flexibility index (Phi) is 8.69. The summed E-state index contributed by atoms with van der Waals surface area (Å²) in [5.74, 6) is -1.13. The van der Waals surface area contributed by atoms with Gasteiger partial charge in [-0.05, 0) is 38.1 Å². The van der Waals surface area contributed by atoms with Crippen LogP contribution in [0, 0.1) is 11.3 Å². The van der Waals surface area contributed by atoms with E-state index in [-0.39, 0.29) is 34.1 Å². The Hall–Kier alpha value is -3.58. The van der Waals surface area contributed by atoms with E-state index in [4.69, 9.17) is 63.6 Å². The molecular formula is C26H24Cl3N3O9. The lowest BCUT2D eigenvalue weighted by Crippen LogP contribution is -2.58. The summed E-state index contributed by atoms with van der Waals surface area (Å²) in [5, 5.41) is 34.9. The highest BCUT2D eigenvalue weighted by atomic mass is 35.6. The van der Waals surface area contributed by atoms with E-state index in [1.807, 2.05) is 26.8 Å². The number of benzene rings is 2. The molecule has 3 heterocycles. The fourth-order valence-corrected chi connectivity index (χ4v) is 4.11. The summed E-state index contributed by atoms with van der Waals surface area (Å²) in [5.41, 5.74) is -1.14. The van der Waals surface area contributed by atoms with Crippen molar-refractivity contribution in [2.45, 2.75) is 48.7 Å². The summed E-state index contributed by atoms with van der Waals surface area (Å²) in [6.07, 6.45) is -3.22. The molecule has 2 saturated heterocycles. The number of alkyl halides is 3. The maximum Gasteiger partial charge on any atom is 0.509 e. The summed E-state index contributed by atoms with van der Waals surface area (Å²) in [7, 11) is 0. The highest BCUT2D eigenvalue weighted by Gasteiger charge is 2.57. The normalized spacial score (nSPS) is 23.2. The van der Waals surface area contributed by atoms with Gasteiger partial charge < -0.3 is 33.6 Å². The van der Waals surface area contributed by atoms with Crippen LogP contribution in [-0.2, 0) is 18.9 Å². The quantitative estimate of drug-likeness (QED) is 0.0717. The van der Waals surface area contributed by atoms with E-state index < -0.39 is 45.6 Å². The number of fused-ring (bicyclic) bond motifs is 2. The smallest absolute Gasteiger partial charge is 0.508 e. The van der Waals surface area contributed by atoms with Gasteiger partial charge in [0, 0.05) is 12.0 Å². The standard InChI is InChI=1S/C15H10N2O4.C11H14Cl3NO5/c18-10-6-7-11-12(8-10)21-15(20)13(14(11)19)17-16-9-4-2-1-3-5-9;1-4-5-6(18-9(16)17-5)7(20-10(4,2)3)19-8(15)11(12,13)14/h1-8,18-19H;4-7,15H,1-3H3/t;4-,5+,6+,7?/m.1/s1. The van der Waals surface area contributed by atoms with Crippen molar-refractivity contribution in [2.75, 3.05) is 0 Å². The lowest BCUT2D eigenvalue weighted by Gasteiger charge is -2.44. The minimum Gasteiger partial charge on any atom is -0.508 e. The van der Waals surface area contributed by atoms with E-state index in [2.05, 4.69) is 10.2 Å². The van der Waals surface area contributed by atoms with Crippen LogP contribution < -0.4 is 5.63 Å².